The first kappa shape index (κ1) is 33.9. The van der Waals surface area contributed by atoms with Crippen LogP contribution in [0.25, 0.3) is 130 Å². The number of aromatic nitrogens is 2. The van der Waals surface area contributed by atoms with E-state index < -0.39 is 0 Å². The second kappa shape index (κ2) is 12.8. The van der Waals surface area contributed by atoms with Crippen molar-refractivity contribution in [1.82, 2.24) is 9.13 Å². The van der Waals surface area contributed by atoms with E-state index in [2.05, 4.69) is 215 Å². The Morgan fingerprint density at radius 1 is 0.339 bits per heavy atom. The number of thiophene rings is 1. The SMILES string of the molecule is c1ccc(-n2c3ccccc3c3cc(-c4cccc5oc6ccc(-c7ccc8c(c7)c7c9ccccc9c9c%10ccccc%10sc9c7n8-c7ccccc7)cc6c45)ccc32)cc1. The summed E-state index contributed by atoms with van der Waals surface area (Å²) < 4.78 is 14.1. The van der Waals surface area contributed by atoms with Gasteiger partial charge in [0.2, 0.25) is 0 Å². The minimum atomic E-state index is 0.887. The lowest BCUT2D eigenvalue weighted by molar-refractivity contribution is 0.669. The molecule has 62 heavy (non-hydrogen) atoms. The van der Waals surface area contributed by atoms with Crippen molar-refractivity contribution in [3.8, 4) is 33.6 Å². The van der Waals surface area contributed by atoms with Crippen LogP contribution in [0, 0.1) is 0 Å². The van der Waals surface area contributed by atoms with Gasteiger partial charge in [0.15, 0.2) is 0 Å². The van der Waals surface area contributed by atoms with E-state index >= 15 is 0 Å². The summed E-state index contributed by atoms with van der Waals surface area (Å²) in [7, 11) is 0. The van der Waals surface area contributed by atoms with Gasteiger partial charge < -0.3 is 13.6 Å². The monoisotopic (exact) mass is 806 g/mol. The summed E-state index contributed by atoms with van der Waals surface area (Å²) in [5.74, 6) is 0. The van der Waals surface area contributed by atoms with Gasteiger partial charge in [0, 0.05) is 59.2 Å². The van der Waals surface area contributed by atoms with Crippen LogP contribution in [-0.4, -0.2) is 9.13 Å². The zero-order chi connectivity index (χ0) is 40.5. The second-order valence-corrected chi connectivity index (χ2v) is 17.4. The zero-order valence-electron chi connectivity index (χ0n) is 33.3. The molecule has 14 rings (SSSR count). The molecule has 4 heterocycles. The van der Waals surface area contributed by atoms with Gasteiger partial charge in [0.1, 0.15) is 11.2 Å². The molecular formula is C58H34N2OS. The molecule has 0 aliphatic rings. The number of benzene rings is 10. The first-order chi connectivity index (χ1) is 30.8. The maximum atomic E-state index is 6.61. The standard InChI is InChI=1S/C58H34N2OS/c1-3-14-38(15-4-1)59-48-23-11-9-18-41(48)45-34-37(27-30-49(45)59)40-22-13-24-52-54(40)47-33-36(28-31-51(47)61-52)35-26-29-50-46(32-35)55-42-19-7-8-20-43(42)56-44-21-10-12-25-53(44)62-58(56)57(55)60(50)39-16-5-2-6-17-39/h1-34H. The maximum absolute atomic E-state index is 6.61. The fourth-order valence-corrected chi connectivity index (χ4v) is 11.7. The molecule has 4 aromatic heterocycles. The highest BCUT2D eigenvalue weighted by atomic mass is 32.1. The van der Waals surface area contributed by atoms with Gasteiger partial charge in [-0.05, 0) is 112 Å². The number of para-hydroxylation sites is 3. The molecule has 0 aliphatic carbocycles. The fourth-order valence-electron chi connectivity index (χ4n) is 10.4. The van der Waals surface area contributed by atoms with Crippen LogP contribution in [0.4, 0.5) is 0 Å². The molecule has 0 bridgehead atoms. The molecule has 0 spiro atoms. The molecule has 0 saturated carbocycles. The van der Waals surface area contributed by atoms with Crippen molar-refractivity contribution in [2.24, 2.45) is 0 Å². The van der Waals surface area contributed by atoms with E-state index in [-0.39, 0.29) is 0 Å². The summed E-state index contributed by atoms with van der Waals surface area (Å²) in [5.41, 5.74) is 13.6. The number of hydrogen-bond donors (Lipinski definition) is 0. The van der Waals surface area contributed by atoms with Crippen molar-refractivity contribution >= 4 is 108 Å². The highest BCUT2D eigenvalue weighted by molar-refractivity contribution is 7.27. The Bertz CT molecular complexity index is 4150. The minimum Gasteiger partial charge on any atom is -0.456 e. The van der Waals surface area contributed by atoms with Crippen LogP contribution in [0.1, 0.15) is 0 Å². The van der Waals surface area contributed by atoms with Gasteiger partial charge in [0.25, 0.3) is 0 Å². The normalized spacial score (nSPS) is 12.2. The molecule has 288 valence electrons. The van der Waals surface area contributed by atoms with Crippen LogP contribution in [-0.2, 0) is 0 Å². The average Bonchev–Trinajstić information content (AvgIpc) is 4.09. The molecule has 3 nitrogen and oxygen atoms in total. The van der Waals surface area contributed by atoms with Crippen LogP contribution < -0.4 is 0 Å². The highest BCUT2D eigenvalue weighted by Crippen LogP contribution is 2.49. The molecule has 4 heteroatoms. The molecule has 10 aromatic carbocycles. The van der Waals surface area contributed by atoms with Crippen LogP contribution in [0.5, 0.6) is 0 Å². The van der Waals surface area contributed by atoms with E-state index in [0.29, 0.717) is 0 Å². The van der Waals surface area contributed by atoms with Gasteiger partial charge in [-0.25, -0.2) is 0 Å². The Morgan fingerprint density at radius 2 is 0.919 bits per heavy atom. The van der Waals surface area contributed by atoms with E-state index in [4.69, 9.17) is 4.42 Å². The smallest absolute Gasteiger partial charge is 0.136 e. The Morgan fingerprint density at radius 3 is 1.71 bits per heavy atom. The number of hydrogen-bond acceptors (Lipinski definition) is 2. The number of fused-ring (bicyclic) bond motifs is 16. The third-order valence-electron chi connectivity index (χ3n) is 13.1. The van der Waals surface area contributed by atoms with Gasteiger partial charge >= 0.3 is 0 Å². The Hall–Kier alpha value is -7.92. The van der Waals surface area contributed by atoms with Gasteiger partial charge in [-0.3, -0.25) is 0 Å². The lowest BCUT2D eigenvalue weighted by atomic mass is 9.95. The molecule has 0 radical (unpaired) electrons. The predicted molar refractivity (Wildman–Crippen MR) is 264 cm³/mol. The molecule has 0 amide bonds. The summed E-state index contributed by atoms with van der Waals surface area (Å²) in [6.07, 6.45) is 0. The van der Waals surface area contributed by atoms with Crippen molar-refractivity contribution in [3.05, 3.63) is 206 Å². The Labute approximate surface area is 359 Å². The van der Waals surface area contributed by atoms with E-state index in [1.165, 1.54) is 85.7 Å². The molecule has 0 aliphatic heterocycles. The van der Waals surface area contributed by atoms with Gasteiger partial charge in [-0.2, -0.15) is 0 Å². The van der Waals surface area contributed by atoms with E-state index in [9.17, 15) is 0 Å². The van der Waals surface area contributed by atoms with Gasteiger partial charge in [-0.15, -0.1) is 11.3 Å². The van der Waals surface area contributed by atoms with Gasteiger partial charge in [-0.1, -0.05) is 127 Å². The summed E-state index contributed by atoms with van der Waals surface area (Å²) in [5, 5.41) is 12.5. The van der Waals surface area contributed by atoms with Crippen molar-refractivity contribution in [2.45, 2.75) is 0 Å². The highest BCUT2D eigenvalue weighted by Gasteiger charge is 2.23. The third-order valence-corrected chi connectivity index (χ3v) is 14.3. The second-order valence-electron chi connectivity index (χ2n) is 16.4. The van der Waals surface area contributed by atoms with E-state index in [1.807, 2.05) is 11.3 Å². The molecule has 0 N–H and O–H groups in total. The first-order valence-electron chi connectivity index (χ1n) is 21.2. The van der Waals surface area contributed by atoms with Crippen LogP contribution >= 0.6 is 11.3 Å². The van der Waals surface area contributed by atoms with E-state index in [0.717, 1.165) is 44.4 Å². The number of rotatable bonds is 4. The fraction of sp³-hybridized carbons (Fsp3) is 0. The topological polar surface area (TPSA) is 23.0 Å². The lowest BCUT2D eigenvalue weighted by Gasteiger charge is -2.10. The molecule has 0 unspecified atom stereocenters. The molecule has 14 aromatic rings. The third kappa shape index (κ3) is 4.70. The predicted octanol–water partition coefficient (Wildman–Crippen LogP) is 16.6. The molecule has 0 atom stereocenters. The molecular weight excluding hydrogens is 773 g/mol. The lowest BCUT2D eigenvalue weighted by Crippen LogP contribution is -1.93. The van der Waals surface area contributed by atoms with E-state index in [1.54, 1.807) is 0 Å². The van der Waals surface area contributed by atoms with Crippen LogP contribution in [0.3, 0.4) is 0 Å². The first-order valence-corrected chi connectivity index (χ1v) is 22.0. The number of furan rings is 1. The van der Waals surface area contributed by atoms with Crippen molar-refractivity contribution < 1.29 is 4.42 Å². The van der Waals surface area contributed by atoms with Crippen LogP contribution in [0.2, 0.25) is 0 Å². The van der Waals surface area contributed by atoms with Crippen molar-refractivity contribution in [3.63, 3.8) is 0 Å². The number of nitrogens with zero attached hydrogens (tertiary/aromatic N) is 2. The maximum Gasteiger partial charge on any atom is 0.136 e. The summed E-state index contributed by atoms with van der Waals surface area (Å²) in [6.45, 7) is 0. The Kier molecular flexibility index (Phi) is 6.99. The quantitative estimate of drug-likeness (QED) is 0.174. The molecule has 0 fully saturated rings. The Balaban J connectivity index is 0.998. The summed E-state index contributed by atoms with van der Waals surface area (Å²) >= 11 is 1.90. The summed E-state index contributed by atoms with van der Waals surface area (Å²) in [4.78, 5) is 0. The van der Waals surface area contributed by atoms with Crippen molar-refractivity contribution in [1.29, 1.82) is 0 Å². The molecule has 0 saturated heterocycles. The summed E-state index contributed by atoms with van der Waals surface area (Å²) in [6, 6.07) is 75.2. The average molecular weight is 807 g/mol. The van der Waals surface area contributed by atoms with Crippen molar-refractivity contribution in [2.75, 3.05) is 0 Å². The zero-order valence-corrected chi connectivity index (χ0v) is 34.2. The van der Waals surface area contributed by atoms with Crippen LogP contribution in [0.15, 0.2) is 211 Å². The van der Waals surface area contributed by atoms with Gasteiger partial charge in [0.05, 0.1) is 26.8 Å². The largest absolute Gasteiger partial charge is 0.456 e. The minimum absolute atomic E-state index is 0.887.